The second-order valence-corrected chi connectivity index (χ2v) is 5.44. The molecule has 0 radical (unpaired) electrons. The summed E-state index contributed by atoms with van der Waals surface area (Å²) in [5, 5.41) is 11.9. The maximum atomic E-state index is 11.7. The third kappa shape index (κ3) is 5.61. The molecule has 0 heterocycles. The molecule has 1 aromatic carbocycles. The number of aryl methyl sites for hydroxylation is 2. The summed E-state index contributed by atoms with van der Waals surface area (Å²) in [4.78, 5) is 11.7. The number of ether oxygens (including phenoxy) is 1. The van der Waals surface area contributed by atoms with E-state index in [2.05, 4.69) is 11.4 Å². The minimum absolute atomic E-state index is 0.0336. The third-order valence-corrected chi connectivity index (χ3v) is 3.32. The zero-order chi connectivity index (χ0) is 15.1. The number of aliphatic hydroxyl groups excluding tert-OH is 1. The average molecular weight is 279 g/mol. The van der Waals surface area contributed by atoms with Crippen molar-refractivity contribution in [2.75, 3.05) is 13.2 Å². The molecular weight excluding hydrogens is 254 g/mol. The molecule has 2 atom stereocenters. The maximum absolute atomic E-state index is 11.7. The zero-order valence-electron chi connectivity index (χ0n) is 12.8. The first-order valence-corrected chi connectivity index (χ1v) is 7.03. The number of aliphatic hydroxyl groups is 1. The topological polar surface area (TPSA) is 58.6 Å². The fourth-order valence-corrected chi connectivity index (χ4v) is 1.90. The number of hydrogen-bond acceptors (Lipinski definition) is 3. The van der Waals surface area contributed by atoms with Gasteiger partial charge in [0.25, 0.3) is 0 Å². The van der Waals surface area contributed by atoms with E-state index in [-0.39, 0.29) is 24.5 Å². The van der Waals surface area contributed by atoms with Gasteiger partial charge in [-0.3, -0.25) is 4.79 Å². The Hall–Kier alpha value is -1.55. The first kappa shape index (κ1) is 16.5. The van der Waals surface area contributed by atoms with Crippen molar-refractivity contribution in [3.05, 3.63) is 29.3 Å². The fourth-order valence-electron chi connectivity index (χ4n) is 1.90. The van der Waals surface area contributed by atoms with Crippen LogP contribution < -0.4 is 10.1 Å². The summed E-state index contributed by atoms with van der Waals surface area (Å²) in [5.74, 6) is 0.800. The normalized spacial score (nSPS) is 13.7. The molecule has 20 heavy (non-hydrogen) atoms. The van der Waals surface area contributed by atoms with Crippen molar-refractivity contribution in [3.63, 3.8) is 0 Å². The second kappa shape index (κ2) is 7.90. The monoisotopic (exact) mass is 279 g/mol. The highest BCUT2D eigenvalue weighted by molar-refractivity contribution is 5.76. The summed E-state index contributed by atoms with van der Waals surface area (Å²) in [7, 11) is 0. The molecule has 2 unspecified atom stereocenters. The molecule has 0 fully saturated rings. The van der Waals surface area contributed by atoms with Crippen molar-refractivity contribution in [1.82, 2.24) is 5.32 Å². The molecule has 0 saturated heterocycles. The molecule has 0 saturated carbocycles. The van der Waals surface area contributed by atoms with Crippen LogP contribution in [-0.4, -0.2) is 30.3 Å². The minimum Gasteiger partial charge on any atom is -0.493 e. The Balaban J connectivity index is 2.35. The fraction of sp³-hybridized carbons (Fsp3) is 0.562. The minimum atomic E-state index is -0.0535. The van der Waals surface area contributed by atoms with Crippen LogP contribution in [0.4, 0.5) is 0 Å². The third-order valence-electron chi connectivity index (χ3n) is 3.32. The molecule has 2 N–H and O–H groups in total. The van der Waals surface area contributed by atoms with E-state index in [1.165, 1.54) is 0 Å². The summed E-state index contributed by atoms with van der Waals surface area (Å²) in [6.45, 7) is 8.26. The lowest BCUT2D eigenvalue weighted by atomic mass is 10.1. The Morgan fingerprint density at radius 2 is 1.85 bits per heavy atom. The van der Waals surface area contributed by atoms with Crippen LogP contribution in [0, 0.1) is 19.8 Å². The molecule has 1 aromatic rings. The van der Waals surface area contributed by atoms with E-state index < -0.39 is 0 Å². The van der Waals surface area contributed by atoms with Gasteiger partial charge in [-0.05, 0) is 49.9 Å². The summed E-state index contributed by atoms with van der Waals surface area (Å²) in [6.07, 6.45) is 0.315. The lowest BCUT2D eigenvalue weighted by molar-refractivity contribution is -0.122. The molecule has 1 amide bonds. The van der Waals surface area contributed by atoms with Crippen LogP contribution in [0.2, 0.25) is 0 Å². The van der Waals surface area contributed by atoms with Crippen molar-refractivity contribution in [2.24, 2.45) is 5.92 Å². The van der Waals surface area contributed by atoms with Crippen LogP contribution in [0.25, 0.3) is 0 Å². The number of amides is 1. The van der Waals surface area contributed by atoms with E-state index in [9.17, 15) is 4.79 Å². The van der Waals surface area contributed by atoms with Crippen molar-refractivity contribution in [3.8, 4) is 5.75 Å². The maximum Gasteiger partial charge on any atom is 0.223 e. The van der Waals surface area contributed by atoms with Gasteiger partial charge in [0, 0.05) is 12.6 Å². The number of hydrogen-bond donors (Lipinski definition) is 2. The Bertz CT molecular complexity index is 425. The van der Waals surface area contributed by atoms with E-state index in [4.69, 9.17) is 9.84 Å². The molecule has 1 rings (SSSR count). The van der Waals surface area contributed by atoms with Gasteiger partial charge < -0.3 is 15.2 Å². The van der Waals surface area contributed by atoms with Gasteiger partial charge in [-0.25, -0.2) is 0 Å². The van der Waals surface area contributed by atoms with Gasteiger partial charge in [-0.15, -0.1) is 0 Å². The highest BCUT2D eigenvalue weighted by Crippen LogP contribution is 2.16. The van der Waals surface area contributed by atoms with Gasteiger partial charge in [-0.1, -0.05) is 13.0 Å². The lowest BCUT2D eigenvalue weighted by Crippen LogP contribution is -2.38. The molecule has 0 aromatic heterocycles. The highest BCUT2D eigenvalue weighted by atomic mass is 16.5. The molecular formula is C16H25NO3. The number of carbonyl (C=O) groups is 1. The quantitative estimate of drug-likeness (QED) is 0.804. The number of nitrogens with one attached hydrogen (secondary N) is 1. The molecule has 0 spiro atoms. The summed E-state index contributed by atoms with van der Waals surface area (Å²) in [6, 6.07) is 5.97. The Labute approximate surface area is 121 Å². The van der Waals surface area contributed by atoms with Crippen LogP contribution in [0.5, 0.6) is 5.75 Å². The van der Waals surface area contributed by atoms with Gasteiger partial charge >= 0.3 is 0 Å². The van der Waals surface area contributed by atoms with E-state index >= 15 is 0 Å². The molecule has 0 aliphatic rings. The van der Waals surface area contributed by atoms with Gasteiger partial charge in [0.1, 0.15) is 5.75 Å². The van der Waals surface area contributed by atoms with Crippen LogP contribution in [-0.2, 0) is 4.79 Å². The first-order chi connectivity index (χ1) is 9.42. The highest BCUT2D eigenvalue weighted by Gasteiger charge is 2.13. The Kier molecular flexibility index (Phi) is 6.52. The Morgan fingerprint density at radius 1 is 1.25 bits per heavy atom. The van der Waals surface area contributed by atoms with E-state index in [0.29, 0.717) is 13.0 Å². The SMILES string of the molecule is Cc1cc(C)cc(OCCC(=O)NC(C)C(C)CO)c1. The van der Waals surface area contributed by atoms with E-state index in [0.717, 1.165) is 16.9 Å². The molecule has 4 heteroatoms. The van der Waals surface area contributed by atoms with Gasteiger partial charge in [-0.2, -0.15) is 0 Å². The number of carbonyl (C=O) groups excluding carboxylic acids is 1. The van der Waals surface area contributed by atoms with Crippen molar-refractivity contribution in [1.29, 1.82) is 0 Å². The zero-order valence-corrected chi connectivity index (χ0v) is 12.8. The molecule has 0 bridgehead atoms. The number of benzene rings is 1. The second-order valence-electron chi connectivity index (χ2n) is 5.44. The summed E-state index contributed by atoms with van der Waals surface area (Å²) in [5.41, 5.74) is 2.30. The first-order valence-electron chi connectivity index (χ1n) is 7.03. The predicted molar refractivity (Wildman–Crippen MR) is 79.9 cm³/mol. The van der Waals surface area contributed by atoms with Crippen LogP contribution >= 0.6 is 0 Å². The Morgan fingerprint density at radius 3 is 2.40 bits per heavy atom. The van der Waals surface area contributed by atoms with Gasteiger partial charge in [0.05, 0.1) is 13.0 Å². The van der Waals surface area contributed by atoms with Crippen LogP contribution in [0.15, 0.2) is 18.2 Å². The standard InChI is InChI=1S/C16H25NO3/c1-11-7-12(2)9-15(8-11)20-6-5-16(19)17-14(4)13(3)10-18/h7-9,13-14,18H,5-6,10H2,1-4H3,(H,17,19). The summed E-state index contributed by atoms with van der Waals surface area (Å²) < 4.78 is 5.60. The molecule has 0 aliphatic carbocycles. The molecule has 112 valence electrons. The van der Waals surface area contributed by atoms with Gasteiger partial charge in [0.15, 0.2) is 0 Å². The molecule has 4 nitrogen and oxygen atoms in total. The number of rotatable bonds is 7. The van der Waals surface area contributed by atoms with E-state index in [1.54, 1.807) is 0 Å². The van der Waals surface area contributed by atoms with Crippen molar-refractivity contribution >= 4 is 5.91 Å². The average Bonchev–Trinajstić information content (AvgIpc) is 2.36. The van der Waals surface area contributed by atoms with Crippen LogP contribution in [0.3, 0.4) is 0 Å². The van der Waals surface area contributed by atoms with Crippen molar-refractivity contribution in [2.45, 2.75) is 40.2 Å². The predicted octanol–water partition coefficient (Wildman–Crippen LogP) is 2.21. The van der Waals surface area contributed by atoms with E-state index in [1.807, 2.05) is 39.8 Å². The lowest BCUT2D eigenvalue weighted by Gasteiger charge is -2.19. The largest absolute Gasteiger partial charge is 0.493 e. The van der Waals surface area contributed by atoms with Crippen LogP contribution in [0.1, 0.15) is 31.4 Å². The summed E-state index contributed by atoms with van der Waals surface area (Å²) >= 11 is 0. The van der Waals surface area contributed by atoms with Crippen molar-refractivity contribution < 1.29 is 14.6 Å². The van der Waals surface area contributed by atoms with Gasteiger partial charge in [0.2, 0.25) is 5.91 Å². The smallest absolute Gasteiger partial charge is 0.223 e. The molecule has 0 aliphatic heterocycles.